The molecule has 5 nitrogen and oxygen atoms in total. The molecule has 1 unspecified atom stereocenters. The van der Waals surface area contributed by atoms with E-state index in [9.17, 15) is 9.59 Å². The van der Waals surface area contributed by atoms with Crippen molar-refractivity contribution in [1.82, 2.24) is 5.32 Å². The van der Waals surface area contributed by atoms with Gasteiger partial charge in [0.25, 0.3) is 0 Å². The second kappa shape index (κ2) is 6.73. The average Bonchev–Trinajstić information content (AvgIpc) is 2.64. The molecule has 0 aromatic carbocycles. The van der Waals surface area contributed by atoms with Crippen molar-refractivity contribution in [2.75, 3.05) is 0 Å². The van der Waals surface area contributed by atoms with Crippen molar-refractivity contribution in [2.45, 2.75) is 69.9 Å². The van der Waals surface area contributed by atoms with Gasteiger partial charge in [-0.05, 0) is 19.3 Å². The third kappa shape index (κ3) is 4.64. The lowest BCUT2D eigenvalue weighted by Crippen LogP contribution is -2.49. The molecule has 1 aliphatic rings. The quantitative estimate of drug-likeness (QED) is 0.642. The van der Waals surface area contributed by atoms with E-state index in [0.717, 1.165) is 38.5 Å². The lowest BCUT2D eigenvalue weighted by atomic mass is 9.92. The molecule has 0 aromatic rings. The van der Waals surface area contributed by atoms with Crippen LogP contribution in [0.15, 0.2) is 0 Å². The molecule has 0 radical (unpaired) electrons. The first-order valence-electron chi connectivity index (χ1n) is 6.76. The monoisotopic (exact) mass is 256 g/mol. The number of nitrogens with two attached hydrogens (primary N) is 1. The van der Waals surface area contributed by atoms with Crippen LogP contribution in [0.25, 0.3) is 0 Å². The highest BCUT2D eigenvalue weighted by Crippen LogP contribution is 2.32. The van der Waals surface area contributed by atoms with Crippen molar-refractivity contribution in [3.8, 4) is 0 Å². The molecule has 0 aliphatic heterocycles. The summed E-state index contributed by atoms with van der Waals surface area (Å²) in [6, 6.07) is -0.127. The summed E-state index contributed by atoms with van der Waals surface area (Å²) in [5.41, 5.74) is 5.29. The Morgan fingerprint density at radius 3 is 2.50 bits per heavy atom. The van der Waals surface area contributed by atoms with E-state index in [2.05, 4.69) is 5.32 Å². The normalized spacial score (nSPS) is 19.4. The van der Waals surface area contributed by atoms with E-state index in [1.807, 2.05) is 6.92 Å². The molecule has 1 atom stereocenters. The standard InChI is InChI=1S/C13H24N2O3/c1-2-5-10(14)8-11(16)15-13(9-12(17)18)6-3-4-7-13/h10H,2-9,14H2,1H3,(H,15,16)(H,17,18). The minimum atomic E-state index is -0.852. The van der Waals surface area contributed by atoms with Crippen molar-refractivity contribution in [3.05, 3.63) is 0 Å². The summed E-state index contributed by atoms with van der Waals surface area (Å²) >= 11 is 0. The van der Waals surface area contributed by atoms with E-state index < -0.39 is 11.5 Å². The molecular weight excluding hydrogens is 232 g/mol. The largest absolute Gasteiger partial charge is 0.481 e. The smallest absolute Gasteiger partial charge is 0.305 e. The molecule has 5 heteroatoms. The van der Waals surface area contributed by atoms with Gasteiger partial charge in [0.2, 0.25) is 5.91 Å². The predicted octanol–water partition coefficient (Wildman–Crippen LogP) is 1.41. The molecular formula is C13H24N2O3. The van der Waals surface area contributed by atoms with E-state index >= 15 is 0 Å². The highest BCUT2D eigenvalue weighted by atomic mass is 16.4. The molecule has 1 amide bonds. The van der Waals surface area contributed by atoms with Gasteiger partial charge < -0.3 is 16.2 Å². The minimum absolute atomic E-state index is 0.0156. The number of hydrogen-bond acceptors (Lipinski definition) is 3. The Morgan fingerprint density at radius 1 is 1.39 bits per heavy atom. The molecule has 0 aromatic heterocycles. The average molecular weight is 256 g/mol. The van der Waals surface area contributed by atoms with Crippen LogP contribution < -0.4 is 11.1 Å². The van der Waals surface area contributed by atoms with E-state index in [4.69, 9.17) is 10.8 Å². The first-order valence-corrected chi connectivity index (χ1v) is 6.76. The first-order chi connectivity index (χ1) is 8.47. The molecule has 1 aliphatic carbocycles. The van der Waals surface area contributed by atoms with Gasteiger partial charge in [-0.3, -0.25) is 9.59 Å². The van der Waals surface area contributed by atoms with Crippen LogP contribution in [0.5, 0.6) is 0 Å². The van der Waals surface area contributed by atoms with E-state index in [0.29, 0.717) is 0 Å². The third-order valence-corrected chi connectivity index (χ3v) is 3.56. The minimum Gasteiger partial charge on any atom is -0.481 e. The molecule has 18 heavy (non-hydrogen) atoms. The summed E-state index contributed by atoms with van der Waals surface area (Å²) in [6.07, 6.45) is 5.55. The SMILES string of the molecule is CCCC(N)CC(=O)NC1(CC(=O)O)CCCC1. The van der Waals surface area contributed by atoms with E-state index in [1.54, 1.807) is 0 Å². The zero-order valence-corrected chi connectivity index (χ0v) is 11.1. The van der Waals surface area contributed by atoms with E-state index in [-0.39, 0.29) is 24.8 Å². The zero-order valence-electron chi connectivity index (χ0n) is 11.1. The summed E-state index contributed by atoms with van der Waals surface area (Å²) in [7, 11) is 0. The second-order valence-electron chi connectivity index (χ2n) is 5.36. The molecule has 1 fully saturated rings. The zero-order chi connectivity index (χ0) is 13.6. The fraction of sp³-hybridized carbons (Fsp3) is 0.846. The van der Waals surface area contributed by atoms with Crippen LogP contribution in [0.2, 0.25) is 0 Å². The van der Waals surface area contributed by atoms with Gasteiger partial charge in [-0.2, -0.15) is 0 Å². The third-order valence-electron chi connectivity index (χ3n) is 3.56. The molecule has 0 heterocycles. The molecule has 104 valence electrons. The Kier molecular flexibility index (Phi) is 5.59. The lowest BCUT2D eigenvalue weighted by molar-refractivity contribution is -0.139. The number of amides is 1. The summed E-state index contributed by atoms with van der Waals surface area (Å²) < 4.78 is 0. The van der Waals surface area contributed by atoms with Gasteiger partial charge in [0, 0.05) is 12.5 Å². The maximum absolute atomic E-state index is 11.9. The Hall–Kier alpha value is -1.10. The van der Waals surface area contributed by atoms with Gasteiger partial charge in [-0.1, -0.05) is 26.2 Å². The van der Waals surface area contributed by atoms with Crippen LogP contribution in [-0.4, -0.2) is 28.6 Å². The molecule has 0 saturated heterocycles. The van der Waals surface area contributed by atoms with Gasteiger partial charge in [0.1, 0.15) is 0 Å². The molecule has 4 N–H and O–H groups in total. The van der Waals surface area contributed by atoms with Crippen molar-refractivity contribution >= 4 is 11.9 Å². The number of hydrogen-bond donors (Lipinski definition) is 3. The Morgan fingerprint density at radius 2 is 2.00 bits per heavy atom. The summed E-state index contributed by atoms with van der Waals surface area (Å²) in [5.74, 6) is -0.964. The molecule has 0 spiro atoms. The summed E-state index contributed by atoms with van der Waals surface area (Å²) in [4.78, 5) is 22.8. The number of nitrogens with one attached hydrogen (secondary N) is 1. The lowest BCUT2D eigenvalue weighted by Gasteiger charge is -2.29. The second-order valence-corrected chi connectivity index (χ2v) is 5.36. The van der Waals surface area contributed by atoms with Crippen LogP contribution in [0.1, 0.15) is 58.3 Å². The Balaban J connectivity index is 2.50. The fourth-order valence-electron chi connectivity index (χ4n) is 2.74. The van der Waals surface area contributed by atoms with Crippen molar-refractivity contribution in [1.29, 1.82) is 0 Å². The first kappa shape index (κ1) is 15.0. The van der Waals surface area contributed by atoms with Crippen LogP contribution in [-0.2, 0) is 9.59 Å². The molecule has 1 saturated carbocycles. The number of carbonyl (C=O) groups excluding carboxylic acids is 1. The number of rotatable bonds is 7. The number of aliphatic carboxylic acids is 1. The predicted molar refractivity (Wildman–Crippen MR) is 69.1 cm³/mol. The summed E-state index contributed by atoms with van der Waals surface area (Å²) in [6.45, 7) is 2.03. The van der Waals surface area contributed by atoms with Gasteiger partial charge in [0.15, 0.2) is 0 Å². The number of carbonyl (C=O) groups is 2. The van der Waals surface area contributed by atoms with E-state index in [1.165, 1.54) is 0 Å². The van der Waals surface area contributed by atoms with Gasteiger partial charge in [-0.25, -0.2) is 0 Å². The van der Waals surface area contributed by atoms with Gasteiger partial charge >= 0.3 is 5.97 Å². The number of carboxylic acids is 1. The van der Waals surface area contributed by atoms with Crippen LogP contribution in [0, 0.1) is 0 Å². The molecule has 1 rings (SSSR count). The van der Waals surface area contributed by atoms with Crippen molar-refractivity contribution < 1.29 is 14.7 Å². The molecule has 0 bridgehead atoms. The van der Waals surface area contributed by atoms with Gasteiger partial charge in [0.05, 0.1) is 12.0 Å². The highest BCUT2D eigenvalue weighted by molar-refractivity contribution is 5.79. The van der Waals surface area contributed by atoms with Gasteiger partial charge in [-0.15, -0.1) is 0 Å². The fourth-order valence-corrected chi connectivity index (χ4v) is 2.74. The topological polar surface area (TPSA) is 92.4 Å². The van der Waals surface area contributed by atoms with Crippen molar-refractivity contribution in [2.24, 2.45) is 5.73 Å². The maximum Gasteiger partial charge on any atom is 0.305 e. The van der Waals surface area contributed by atoms with Crippen LogP contribution in [0.4, 0.5) is 0 Å². The van der Waals surface area contributed by atoms with Crippen molar-refractivity contribution in [3.63, 3.8) is 0 Å². The van der Waals surface area contributed by atoms with Crippen LogP contribution >= 0.6 is 0 Å². The highest BCUT2D eigenvalue weighted by Gasteiger charge is 2.37. The number of carboxylic acid groups (broad SMARTS) is 1. The van der Waals surface area contributed by atoms with Crippen LogP contribution in [0.3, 0.4) is 0 Å². The summed E-state index contributed by atoms with van der Waals surface area (Å²) in [5, 5.41) is 11.9. The maximum atomic E-state index is 11.9. The Bertz CT molecular complexity index is 299. The Labute approximate surface area is 108 Å².